The predicted octanol–water partition coefficient (Wildman–Crippen LogP) is 4.44. The second-order valence-electron chi connectivity index (χ2n) is 6.41. The average Bonchev–Trinajstić information content (AvgIpc) is 2.19. The predicted molar refractivity (Wildman–Crippen MR) is 78.7 cm³/mol. The fourth-order valence-electron chi connectivity index (χ4n) is 2.68. The van der Waals surface area contributed by atoms with Crippen molar-refractivity contribution >= 4 is 21.8 Å². The van der Waals surface area contributed by atoms with Gasteiger partial charge >= 0.3 is 0 Å². The zero-order chi connectivity index (χ0) is 12.1. The number of alkyl halides is 1. The number of rotatable bonds is 0. The summed E-state index contributed by atoms with van der Waals surface area (Å²) in [6.07, 6.45) is 13.9. The molecule has 16 heavy (non-hydrogen) atoms. The lowest BCUT2D eigenvalue weighted by Crippen LogP contribution is -2.33. The van der Waals surface area contributed by atoms with E-state index in [4.69, 9.17) is 11.6 Å². The molecule has 0 saturated heterocycles. The van der Waals surface area contributed by atoms with Gasteiger partial charge < -0.3 is 0 Å². The van der Waals surface area contributed by atoms with Crippen LogP contribution in [0.25, 0.3) is 0 Å². The zero-order valence-corrected chi connectivity index (χ0v) is 14.2. The Morgan fingerprint density at radius 3 is 1.62 bits per heavy atom. The van der Waals surface area contributed by atoms with E-state index in [2.05, 4.69) is 13.8 Å². The van der Waals surface area contributed by atoms with Crippen molar-refractivity contribution in [2.45, 2.75) is 88.0 Å². The van der Waals surface area contributed by atoms with E-state index in [1.54, 1.807) is 0 Å². The van der Waals surface area contributed by atoms with Crippen molar-refractivity contribution < 1.29 is 0 Å². The fourth-order valence-corrected chi connectivity index (χ4v) is 3.52. The first kappa shape index (κ1) is 14.6. The van der Waals surface area contributed by atoms with Crippen LogP contribution in [0.15, 0.2) is 0 Å². The maximum atomic E-state index is 6.80. The molecule has 0 aromatic rings. The molecular weight excluding hydrogens is 232 g/mol. The summed E-state index contributed by atoms with van der Waals surface area (Å²) < 4.78 is 0. The Balaban J connectivity index is 2.54. The molecule has 0 aromatic carbocycles. The lowest BCUT2D eigenvalue weighted by Gasteiger charge is -2.40. The topological polar surface area (TPSA) is 0 Å². The molecule has 1 saturated carbocycles. The van der Waals surface area contributed by atoms with Gasteiger partial charge in [0.2, 0.25) is 0 Å². The first-order valence-corrected chi connectivity index (χ1v) is 8.52. The van der Waals surface area contributed by atoms with Gasteiger partial charge in [0, 0.05) is 15.1 Å². The summed E-state index contributed by atoms with van der Waals surface area (Å²) in [4.78, 5) is 0.0540. The normalized spacial score (nSPS) is 39.9. The molecule has 0 aliphatic heterocycles. The smallest absolute Gasteiger partial charge is 0.0439 e. The van der Waals surface area contributed by atoms with Crippen molar-refractivity contribution in [1.29, 1.82) is 0 Å². The number of hydrogen-bond donors (Lipinski definition) is 0. The first-order valence-electron chi connectivity index (χ1n) is 7.15. The largest absolute Gasteiger partial charge is 0.119 e. The average molecular weight is 261 g/mol. The van der Waals surface area contributed by atoms with Crippen LogP contribution in [0, 0.1) is 0 Å². The van der Waals surface area contributed by atoms with Crippen LogP contribution in [0.4, 0.5) is 0 Å². The van der Waals surface area contributed by atoms with Crippen LogP contribution in [-0.2, 0) is 0 Å². The van der Waals surface area contributed by atoms with Gasteiger partial charge in [0.25, 0.3) is 0 Å². The molecule has 2 heteroatoms. The Bertz CT molecular complexity index is 177. The Kier molecular flexibility index (Phi) is 5.87. The standard InChI is InChI=1S/C14H29ClSi/c1-13(15)11-9-7-5-3-4-6-8-10-12-14(13,2)16/h3-12H2,1-2,16H3. The highest BCUT2D eigenvalue weighted by molar-refractivity contribution is 6.31. The van der Waals surface area contributed by atoms with Crippen LogP contribution < -0.4 is 0 Å². The third-order valence-electron chi connectivity index (χ3n) is 4.61. The van der Waals surface area contributed by atoms with E-state index >= 15 is 0 Å². The third-order valence-corrected chi connectivity index (χ3v) is 7.23. The molecule has 1 rings (SSSR count). The highest BCUT2D eigenvalue weighted by atomic mass is 35.5. The molecule has 0 aromatic heterocycles. The van der Waals surface area contributed by atoms with Gasteiger partial charge in [0.15, 0.2) is 0 Å². The van der Waals surface area contributed by atoms with E-state index in [9.17, 15) is 0 Å². The van der Waals surface area contributed by atoms with Crippen LogP contribution >= 0.6 is 11.6 Å². The molecule has 0 nitrogen and oxygen atoms in total. The van der Waals surface area contributed by atoms with E-state index in [0.717, 1.165) is 0 Å². The molecule has 0 spiro atoms. The Morgan fingerprint density at radius 1 is 0.750 bits per heavy atom. The van der Waals surface area contributed by atoms with Gasteiger partial charge in [-0.1, -0.05) is 58.3 Å². The molecule has 0 radical (unpaired) electrons. The summed E-state index contributed by atoms with van der Waals surface area (Å²) >= 11 is 6.80. The van der Waals surface area contributed by atoms with Gasteiger partial charge in [-0.05, 0) is 24.8 Å². The molecule has 2 atom stereocenters. The maximum Gasteiger partial charge on any atom is 0.0439 e. The minimum absolute atomic E-state index is 0.0540. The first-order chi connectivity index (χ1) is 7.46. The van der Waals surface area contributed by atoms with Crippen molar-refractivity contribution in [3.63, 3.8) is 0 Å². The summed E-state index contributed by atoms with van der Waals surface area (Å²) in [6.45, 7) is 4.70. The maximum absolute atomic E-state index is 6.80. The van der Waals surface area contributed by atoms with Crippen molar-refractivity contribution in [2.24, 2.45) is 0 Å². The highest BCUT2D eigenvalue weighted by Gasteiger charge is 2.37. The summed E-state index contributed by atoms with van der Waals surface area (Å²) in [5.41, 5.74) is 0. The van der Waals surface area contributed by atoms with E-state index in [0.29, 0.717) is 5.04 Å². The van der Waals surface area contributed by atoms with Crippen LogP contribution in [0.1, 0.15) is 78.1 Å². The van der Waals surface area contributed by atoms with Gasteiger partial charge in [-0.25, -0.2) is 0 Å². The van der Waals surface area contributed by atoms with E-state index in [1.165, 1.54) is 74.5 Å². The van der Waals surface area contributed by atoms with Crippen molar-refractivity contribution in [2.75, 3.05) is 0 Å². The Hall–Kier alpha value is 0.507. The van der Waals surface area contributed by atoms with Crippen LogP contribution in [0.5, 0.6) is 0 Å². The number of halogens is 1. The minimum atomic E-state index is 0.0540. The van der Waals surface area contributed by atoms with Crippen LogP contribution in [0.3, 0.4) is 0 Å². The SMILES string of the molecule is CC1([SiH3])CCCCCCCCCCC1(C)Cl. The molecular formula is C14H29ClSi. The van der Waals surface area contributed by atoms with Gasteiger partial charge in [0.1, 0.15) is 0 Å². The second kappa shape index (κ2) is 6.44. The van der Waals surface area contributed by atoms with Crippen LogP contribution in [-0.4, -0.2) is 15.1 Å². The quantitative estimate of drug-likeness (QED) is 0.446. The lowest BCUT2D eigenvalue weighted by atomic mass is 9.84. The second-order valence-corrected chi connectivity index (χ2v) is 9.45. The van der Waals surface area contributed by atoms with E-state index < -0.39 is 0 Å². The molecule has 0 heterocycles. The van der Waals surface area contributed by atoms with Gasteiger partial charge in [-0.2, -0.15) is 0 Å². The van der Waals surface area contributed by atoms with Crippen molar-refractivity contribution in [1.82, 2.24) is 0 Å². The van der Waals surface area contributed by atoms with Crippen molar-refractivity contribution in [3.05, 3.63) is 0 Å². The van der Waals surface area contributed by atoms with E-state index in [1.807, 2.05) is 0 Å². The van der Waals surface area contributed by atoms with Gasteiger partial charge in [-0.15, -0.1) is 11.6 Å². The van der Waals surface area contributed by atoms with Crippen LogP contribution in [0.2, 0.25) is 5.04 Å². The third kappa shape index (κ3) is 4.41. The lowest BCUT2D eigenvalue weighted by molar-refractivity contribution is 0.362. The molecule has 1 aliphatic rings. The van der Waals surface area contributed by atoms with Crippen molar-refractivity contribution in [3.8, 4) is 0 Å². The van der Waals surface area contributed by atoms with Gasteiger partial charge in [0.05, 0.1) is 0 Å². The monoisotopic (exact) mass is 260 g/mol. The van der Waals surface area contributed by atoms with Gasteiger partial charge in [-0.3, -0.25) is 0 Å². The molecule has 0 amide bonds. The molecule has 0 bridgehead atoms. The summed E-state index contributed by atoms with van der Waals surface area (Å²) in [5.74, 6) is 0. The Labute approximate surface area is 110 Å². The summed E-state index contributed by atoms with van der Waals surface area (Å²) in [7, 11) is 1.23. The molecule has 96 valence electrons. The highest BCUT2D eigenvalue weighted by Crippen LogP contribution is 2.48. The Morgan fingerprint density at radius 2 is 1.12 bits per heavy atom. The summed E-state index contributed by atoms with van der Waals surface area (Å²) in [6, 6.07) is 0. The summed E-state index contributed by atoms with van der Waals surface area (Å²) in [5, 5.41) is 0.424. The zero-order valence-electron chi connectivity index (χ0n) is 11.4. The minimum Gasteiger partial charge on any atom is -0.119 e. The molecule has 1 aliphatic carbocycles. The molecule has 1 fully saturated rings. The fraction of sp³-hybridized carbons (Fsp3) is 1.00. The molecule has 0 N–H and O–H groups in total. The van der Waals surface area contributed by atoms with E-state index in [-0.39, 0.29) is 4.87 Å². The number of hydrogen-bond acceptors (Lipinski definition) is 0. The molecule has 2 unspecified atom stereocenters.